The zero-order chi connectivity index (χ0) is 5.82. The number of aromatic nitrogens is 1. The van der Waals surface area contributed by atoms with Crippen LogP contribution in [0.2, 0.25) is 0 Å². The van der Waals surface area contributed by atoms with Crippen LogP contribution in [0.5, 0.6) is 0 Å². The van der Waals surface area contributed by atoms with Crippen molar-refractivity contribution in [2.45, 2.75) is 6.42 Å². The topological polar surface area (TPSA) is 32.8 Å². The van der Waals surface area contributed by atoms with Crippen LogP contribution in [0, 0.1) is 0 Å². The monoisotopic (exact) mass is 128 g/mol. The average molecular weight is 128 g/mol. The van der Waals surface area contributed by atoms with Crippen molar-refractivity contribution >= 4 is 11.3 Å². The highest BCUT2D eigenvalue weighted by Crippen LogP contribution is 1.99. The van der Waals surface area contributed by atoms with Gasteiger partial charge in [-0.15, -0.1) is 11.3 Å². The lowest BCUT2D eigenvalue weighted by molar-refractivity contribution is 0.196. The van der Waals surface area contributed by atoms with Gasteiger partial charge >= 0.3 is 0 Å². The Balaban J connectivity index is 2.50. The van der Waals surface area contributed by atoms with Crippen LogP contribution in [0.4, 0.5) is 0 Å². The molecule has 1 rings (SSSR count). The number of thiazole rings is 1. The van der Waals surface area contributed by atoms with Crippen LogP contribution in [-0.2, 0) is 11.5 Å². The molecule has 0 saturated heterocycles. The van der Waals surface area contributed by atoms with Gasteiger partial charge in [-0.3, -0.25) is 0 Å². The van der Waals surface area contributed by atoms with Crippen LogP contribution < -0.4 is 0 Å². The fraction of sp³-hybridized carbons (Fsp3) is 0.400. The second-order valence-electron chi connectivity index (χ2n) is 1.43. The number of hydrogen-bond acceptors (Lipinski definition) is 2. The fourth-order valence-electron chi connectivity index (χ4n) is 0.466. The maximum atomic E-state index is 9.96. The van der Waals surface area contributed by atoms with Crippen LogP contribution in [0.3, 0.4) is 0 Å². The predicted octanol–water partition coefficient (Wildman–Crippen LogP) is 1.12. The van der Waals surface area contributed by atoms with Gasteiger partial charge < -0.3 is 0 Å². The average Bonchev–Trinajstić information content (AvgIpc) is 2.19. The van der Waals surface area contributed by atoms with Crippen molar-refractivity contribution in [3.05, 3.63) is 16.6 Å². The first-order valence-corrected chi connectivity index (χ1v) is 3.33. The summed E-state index contributed by atoms with van der Waals surface area (Å²) in [5.41, 5.74) is 2.66. The first-order chi connectivity index (χ1) is 3.93. The highest BCUT2D eigenvalue weighted by Gasteiger charge is 1.90. The van der Waals surface area contributed by atoms with Crippen molar-refractivity contribution < 1.29 is 5.11 Å². The first kappa shape index (κ1) is 5.72. The third kappa shape index (κ3) is 1.28. The Kier molecular flexibility index (Phi) is 2.00. The Morgan fingerprint density at radius 3 is 3.12 bits per heavy atom. The SMILES string of the molecule is [O]CCc1cscn1. The van der Waals surface area contributed by atoms with E-state index in [0.29, 0.717) is 6.42 Å². The van der Waals surface area contributed by atoms with Gasteiger partial charge in [-0.2, -0.15) is 0 Å². The molecule has 1 radical (unpaired) electrons. The van der Waals surface area contributed by atoms with E-state index in [1.54, 1.807) is 5.51 Å². The van der Waals surface area contributed by atoms with E-state index in [2.05, 4.69) is 4.98 Å². The quantitative estimate of drug-likeness (QED) is 0.587. The molecule has 0 unspecified atom stereocenters. The van der Waals surface area contributed by atoms with Gasteiger partial charge in [0.25, 0.3) is 0 Å². The van der Waals surface area contributed by atoms with E-state index in [4.69, 9.17) is 0 Å². The lowest BCUT2D eigenvalue weighted by atomic mass is 10.4. The lowest BCUT2D eigenvalue weighted by Crippen LogP contribution is -1.86. The van der Waals surface area contributed by atoms with Gasteiger partial charge in [-0.05, 0) is 0 Å². The molecule has 0 N–H and O–H groups in total. The van der Waals surface area contributed by atoms with E-state index in [9.17, 15) is 5.11 Å². The van der Waals surface area contributed by atoms with E-state index < -0.39 is 0 Å². The number of rotatable bonds is 2. The van der Waals surface area contributed by atoms with Crippen molar-refractivity contribution in [3.8, 4) is 0 Å². The molecule has 0 spiro atoms. The van der Waals surface area contributed by atoms with Crippen LogP contribution in [-0.4, -0.2) is 11.6 Å². The van der Waals surface area contributed by atoms with Crippen molar-refractivity contribution in [2.24, 2.45) is 0 Å². The van der Waals surface area contributed by atoms with Gasteiger partial charge in [0.2, 0.25) is 0 Å². The highest BCUT2D eigenvalue weighted by atomic mass is 32.1. The number of nitrogens with zero attached hydrogens (tertiary/aromatic N) is 1. The molecular formula is C5H6NOS. The second-order valence-corrected chi connectivity index (χ2v) is 2.15. The Bertz CT molecular complexity index is 138. The smallest absolute Gasteiger partial charge is 0.0878 e. The molecule has 0 saturated carbocycles. The summed E-state index contributed by atoms with van der Waals surface area (Å²) in [6.45, 7) is -0.0519. The van der Waals surface area contributed by atoms with E-state index in [-0.39, 0.29) is 6.61 Å². The molecule has 0 aromatic carbocycles. The van der Waals surface area contributed by atoms with Gasteiger partial charge in [-0.1, -0.05) is 0 Å². The van der Waals surface area contributed by atoms with E-state index in [1.165, 1.54) is 11.3 Å². The normalized spacial score (nSPS) is 9.62. The molecule has 0 bridgehead atoms. The molecule has 0 aliphatic rings. The summed E-state index contributed by atoms with van der Waals surface area (Å²) in [6.07, 6.45) is 0.573. The summed E-state index contributed by atoms with van der Waals surface area (Å²) >= 11 is 1.53. The van der Waals surface area contributed by atoms with Gasteiger partial charge in [0, 0.05) is 11.8 Å². The minimum atomic E-state index is -0.0519. The van der Waals surface area contributed by atoms with Gasteiger partial charge in [0.1, 0.15) is 0 Å². The molecule has 1 aromatic heterocycles. The maximum absolute atomic E-state index is 9.96. The van der Waals surface area contributed by atoms with Crippen molar-refractivity contribution in [1.82, 2.24) is 4.98 Å². The van der Waals surface area contributed by atoms with Crippen LogP contribution in [0.15, 0.2) is 10.9 Å². The van der Waals surface area contributed by atoms with Gasteiger partial charge in [0.05, 0.1) is 17.8 Å². The van der Waals surface area contributed by atoms with Crippen LogP contribution in [0.1, 0.15) is 5.69 Å². The van der Waals surface area contributed by atoms with Gasteiger partial charge in [0.15, 0.2) is 0 Å². The summed E-state index contributed by atoms with van der Waals surface area (Å²) < 4.78 is 0. The molecule has 1 aromatic rings. The van der Waals surface area contributed by atoms with Crippen molar-refractivity contribution in [1.29, 1.82) is 0 Å². The molecular weight excluding hydrogens is 122 g/mol. The second kappa shape index (κ2) is 2.79. The predicted molar refractivity (Wildman–Crippen MR) is 31.4 cm³/mol. The molecule has 0 fully saturated rings. The molecule has 0 aliphatic carbocycles. The van der Waals surface area contributed by atoms with Crippen LogP contribution in [0.25, 0.3) is 0 Å². The van der Waals surface area contributed by atoms with E-state index in [1.807, 2.05) is 5.38 Å². The molecule has 3 heteroatoms. The molecule has 0 atom stereocenters. The zero-order valence-corrected chi connectivity index (χ0v) is 5.15. The standard InChI is InChI=1S/C5H6NOS/c7-2-1-5-3-8-4-6-5/h3-4H,1-2H2. The van der Waals surface area contributed by atoms with E-state index in [0.717, 1.165) is 5.69 Å². The Morgan fingerprint density at radius 1 is 1.75 bits per heavy atom. The molecule has 0 amide bonds. The lowest BCUT2D eigenvalue weighted by Gasteiger charge is -1.82. The summed E-state index contributed by atoms with van der Waals surface area (Å²) in [5.74, 6) is 0. The summed E-state index contributed by atoms with van der Waals surface area (Å²) in [5, 5.41) is 11.9. The zero-order valence-electron chi connectivity index (χ0n) is 4.33. The van der Waals surface area contributed by atoms with Crippen molar-refractivity contribution in [2.75, 3.05) is 6.61 Å². The first-order valence-electron chi connectivity index (χ1n) is 2.38. The Morgan fingerprint density at radius 2 is 2.62 bits per heavy atom. The minimum Gasteiger partial charge on any atom is -0.250 e. The van der Waals surface area contributed by atoms with Gasteiger partial charge in [-0.25, -0.2) is 10.1 Å². The minimum absolute atomic E-state index is 0.0519. The number of hydrogen-bond donors (Lipinski definition) is 0. The molecule has 1 heterocycles. The largest absolute Gasteiger partial charge is 0.250 e. The molecule has 8 heavy (non-hydrogen) atoms. The fourth-order valence-corrected chi connectivity index (χ4v) is 1.06. The Hall–Kier alpha value is -0.410. The summed E-state index contributed by atoms with van der Waals surface area (Å²) in [6, 6.07) is 0. The van der Waals surface area contributed by atoms with E-state index >= 15 is 0 Å². The maximum Gasteiger partial charge on any atom is 0.0878 e. The molecule has 2 nitrogen and oxygen atoms in total. The Labute approximate surface area is 51.8 Å². The molecule has 43 valence electrons. The summed E-state index contributed by atoms with van der Waals surface area (Å²) in [4.78, 5) is 3.92. The van der Waals surface area contributed by atoms with Crippen molar-refractivity contribution in [3.63, 3.8) is 0 Å². The highest BCUT2D eigenvalue weighted by molar-refractivity contribution is 7.07. The third-order valence-electron chi connectivity index (χ3n) is 0.842. The van der Waals surface area contributed by atoms with Crippen LogP contribution >= 0.6 is 11.3 Å². The third-order valence-corrected chi connectivity index (χ3v) is 1.48. The summed E-state index contributed by atoms with van der Waals surface area (Å²) in [7, 11) is 0. The molecule has 0 aliphatic heterocycles.